The van der Waals surface area contributed by atoms with Gasteiger partial charge in [0.25, 0.3) is 5.56 Å². The summed E-state index contributed by atoms with van der Waals surface area (Å²) in [6, 6.07) is 16.4. The number of aromatic nitrogens is 3. The Hall–Kier alpha value is -3.26. The fraction of sp³-hybridized carbons (Fsp3) is 0.269. The minimum absolute atomic E-state index is 0.144. The van der Waals surface area contributed by atoms with Crippen molar-refractivity contribution in [2.24, 2.45) is 0 Å². The molecule has 1 fully saturated rings. The Bertz CT molecular complexity index is 1330. The molecular formula is C26H24ClN3O4. The largest absolute Gasteiger partial charge is 0.487 e. The molecule has 1 aromatic carbocycles. The second kappa shape index (κ2) is 10.3. The zero-order valence-corrected chi connectivity index (χ0v) is 19.3. The first kappa shape index (κ1) is 22.5. The highest BCUT2D eigenvalue weighted by Crippen LogP contribution is 2.20. The van der Waals surface area contributed by atoms with Crippen LogP contribution in [0, 0.1) is 0 Å². The SMILES string of the molecule is O=c1cc(OCc2ccc(Cl)cn2)ccn1-c1ccc2nc(COC3CCCCO3)ccc2c1. The summed E-state index contributed by atoms with van der Waals surface area (Å²) >= 11 is 5.85. The van der Waals surface area contributed by atoms with Crippen LogP contribution in [0.5, 0.6) is 5.75 Å². The number of pyridine rings is 3. The maximum absolute atomic E-state index is 12.7. The minimum atomic E-state index is -0.189. The van der Waals surface area contributed by atoms with Crippen LogP contribution in [0.1, 0.15) is 30.7 Å². The fourth-order valence-electron chi connectivity index (χ4n) is 3.82. The van der Waals surface area contributed by atoms with Gasteiger partial charge in [0.15, 0.2) is 6.29 Å². The van der Waals surface area contributed by atoms with E-state index in [1.54, 1.807) is 35.2 Å². The van der Waals surface area contributed by atoms with E-state index >= 15 is 0 Å². The molecule has 0 radical (unpaired) electrons. The first-order valence-electron chi connectivity index (χ1n) is 11.2. The van der Waals surface area contributed by atoms with Crippen molar-refractivity contribution in [3.05, 3.63) is 93.8 Å². The molecule has 34 heavy (non-hydrogen) atoms. The van der Waals surface area contributed by atoms with Gasteiger partial charge in [0, 0.05) is 36.1 Å². The number of hydrogen-bond acceptors (Lipinski definition) is 6. The lowest BCUT2D eigenvalue weighted by molar-refractivity contribution is -0.169. The van der Waals surface area contributed by atoms with Crippen LogP contribution in [0.25, 0.3) is 16.6 Å². The van der Waals surface area contributed by atoms with Crippen molar-refractivity contribution in [2.75, 3.05) is 6.61 Å². The summed E-state index contributed by atoms with van der Waals surface area (Å²) in [6.07, 6.45) is 6.27. The van der Waals surface area contributed by atoms with Crippen LogP contribution in [-0.2, 0) is 22.7 Å². The summed E-state index contributed by atoms with van der Waals surface area (Å²) in [7, 11) is 0. The summed E-state index contributed by atoms with van der Waals surface area (Å²) in [6.45, 7) is 1.42. The van der Waals surface area contributed by atoms with Crippen molar-refractivity contribution in [2.45, 2.75) is 38.8 Å². The normalized spacial score (nSPS) is 16.0. The Kier molecular flexibility index (Phi) is 6.85. The van der Waals surface area contributed by atoms with Gasteiger partial charge in [0.2, 0.25) is 0 Å². The van der Waals surface area contributed by atoms with Crippen LogP contribution in [0.3, 0.4) is 0 Å². The standard InChI is InChI=1S/C26H24ClN3O4/c27-19-5-7-20(28-15-19)16-33-23-10-11-30(25(31)14-23)22-8-9-24-18(13-22)4-6-21(29-24)17-34-26-3-1-2-12-32-26/h4-11,13-15,26H,1-3,12,16-17H2. The van der Waals surface area contributed by atoms with E-state index in [1.165, 1.54) is 6.07 Å². The van der Waals surface area contributed by atoms with Crippen LogP contribution in [0.2, 0.25) is 5.02 Å². The Balaban J connectivity index is 1.27. The molecule has 7 nitrogen and oxygen atoms in total. The molecule has 0 bridgehead atoms. The van der Waals surface area contributed by atoms with Crippen molar-refractivity contribution in [1.29, 1.82) is 0 Å². The predicted octanol–water partition coefficient (Wildman–Crippen LogP) is 5.06. The van der Waals surface area contributed by atoms with Crippen LogP contribution in [0.15, 0.2) is 71.8 Å². The van der Waals surface area contributed by atoms with Crippen molar-refractivity contribution >= 4 is 22.5 Å². The Morgan fingerprint density at radius 1 is 1.03 bits per heavy atom. The van der Waals surface area contributed by atoms with E-state index in [2.05, 4.69) is 9.97 Å². The topological polar surface area (TPSA) is 75.5 Å². The zero-order chi connectivity index (χ0) is 23.3. The number of rotatable bonds is 7. The Morgan fingerprint density at radius 2 is 1.94 bits per heavy atom. The van der Waals surface area contributed by atoms with E-state index in [1.807, 2.05) is 30.3 Å². The van der Waals surface area contributed by atoms with Crippen LogP contribution >= 0.6 is 11.6 Å². The van der Waals surface area contributed by atoms with E-state index in [0.29, 0.717) is 17.4 Å². The van der Waals surface area contributed by atoms with Gasteiger partial charge in [-0.05, 0) is 61.7 Å². The molecule has 4 heterocycles. The Morgan fingerprint density at radius 3 is 2.74 bits per heavy atom. The third-order valence-electron chi connectivity index (χ3n) is 5.63. The molecule has 5 rings (SSSR count). The monoisotopic (exact) mass is 477 g/mol. The number of halogens is 1. The highest BCUT2D eigenvalue weighted by Gasteiger charge is 2.14. The third kappa shape index (κ3) is 5.44. The van der Waals surface area contributed by atoms with Crippen molar-refractivity contribution in [3.8, 4) is 11.4 Å². The van der Waals surface area contributed by atoms with Gasteiger partial charge in [-0.15, -0.1) is 0 Å². The maximum atomic E-state index is 12.7. The average Bonchev–Trinajstić information content (AvgIpc) is 2.87. The molecule has 174 valence electrons. The lowest BCUT2D eigenvalue weighted by Crippen LogP contribution is -2.22. The lowest BCUT2D eigenvalue weighted by atomic mass is 10.1. The molecule has 4 aromatic rings. The molecule has 1 aliphatic heterocycles. The molecule has 1 aliphatic rings. The lowest BCUT2D eigenvalue weighted by Gasteiger charge is -2.22. The van der Waals surface area contributed by atoms with Gasteiger partial charge in [-0.3, -0.25) is 19.3 Å². The second-order valence-corrected chi connectivity index (χ2v) is 8.55. The number of ether oxygens (including phenoxy) is 3. The summed E-state index contributed by atoms with van der Waals surface area (Å²) in [5, 5.41) is 1.51. The fourth-order valence-corrected chi connectivity index (χ4v) is 3.93. The van der Waals surface area contributed by atoms with Gasteiger partial charge < -0.3 is 14.2 Å². The molecule has 1 saturated heterocycles. The van der Waals surface area contributed by atoms with Crippen LogP contribution < -0.4 is 10.3 Å². The number of fused-ring (bicyclic) bond motifs is 1. The highest BCUT2D eigenvalue weighted by molar-refractivity contribution is 6.30. The van der Waals surface area contributed by atoms with Gasteiger partial charge in [-0.2, -0.15) is 0 Å². The molecule has 8 heteroatoms. The van der Waals surface area contributed by atoms with Gasteiger partial charge in [0.05, 0.1) is 28.5 Å². The second-order valence-electron chi connectivity index (χ2n) is 8.11. The smallest absolute Gasteiger partial charge is 0.258 e. The zero-order valence-electron chi connectivity index (χ0n) is 18.5. The first-order chi connectivity index (χ1) is 16.6. The summed E-state index contributed by atoms with van der Waals surface area (Å²) in [5.41, 5.74) is 2.99. The molecule has 0 aliphatic carbocycles. The van der Waals surface area contributed by atoms with Gasteiger partial charge in [0.1, 0.15) is 12.4 Å². The minimum Gasteiger partial charge on any atom is -0.487 e. The molecule has 1 atom stereocenters. The van der Waals surface area contributed by atoms with E-state index in [-0.39, 0.29) is 18.5 Å². The van der Waals surface area contributed by atoms with E-state index in [4.69, 9.17) is 25.8 Å². The number of nitrogens with zero attached hydrogens (tertiary/aromatic N) is 3. The van der Waals surface area contributed by atoms with Crippen molar-refractivity contribution in [1.82, 2.24) is 14.5 Å². The van der Waals surface area contributed by atoms with Crippen LogP contribution in [0.4, 0.5) is 0 Å². The van der Waals surface area contributed by atoms with Gasteiger partial charge >= 0.3 is 0 Å². The maximum Gasteiger partial charge on any atom is 0.258 e. The average molecular weight is 478 g/mol. The molecule has 0 saturated carbocycles. The van der Waals surface area contributed by atoms with Crippen molar-refractivity contribution < 1.29 is 14.2 Å². The first-order valence-corrected chi connectivity index (χ1v) is 11.6. The van der Waals surface area contributed by atoms with E-state index in [0.717, 1.165) is 53.8 Å². The molecule has 3 aromatic heterocycles. The number of hydrogen-bond donors (Lipinski definition) is 0. The van der Waals surface area contributed by atoms with Crippen LogP contribution in [-0.4, -0.2) is 27.4 Å². The highest BCUT2D eigenvalue weighted by atomic mass is 35.5. The molecule has 1 unspecified atom stereocenters. The Labute approximate surface area is 201 Å². The summed E-state index contributed by atoms with van der Waals surface area (Å²) in [5.74, 6) is 0.479. The summed E-state index contributed by atoms with van der Waals surface area (Å²) in [4.78, 5) is 21.6. The molecule has 0 N–H and O–H groups in total. The molecule has 0 spiro atoms. The quantitative estimate of drug-likeness (QED) is 0.370. The molecular weight excluding hydrogens is 454 g/mol. The van der Waals surface area contributed by atoms with Gasteiger partial charge in [-0.25, -0.2) is 0 Å². The van der Waals surface area contributed by atoms with Crippen molar-refractivity contribution in [3.63, 3.8) is 0 Å². The third-order valence-corrected chi connectivity index (χ3v) is 5.85. The van der Waals surface area contributed by atoms with E-state index < -0.39 is 0 Å². The van der Waals surface area contributed by atoms with E-state index in [9.17, 15) is 4.79 Å². The predicted molar refractivity (Wildman–Crippen MR) is 129 cm³/mol. The van der Waals surface area contributed by atoms with Gasteiger partial charge in [-0.1, -0.05) is 17.7 Å². The summed E-state index contributed by atoms with van der Waals surface area (Å²) < 4.78 is 18.7. The molecule has 0 amide bonds. The number of benzene rings is 1.